The summed E-state index contributed by atoms with van der Waals surface area (Å²) in [6.45, 7) is 6.55. The maximum absolute atomic E-state index is 11.8. The third-order valence-electron chi connectivity index (χ3n) is 2.54. The Bertz CT molecular complexity index is 389. The number of ether oxygens (including phenoxy) is 1. The van der Waals surface area contributed by atoms with Crippen molar-refractivity contribution in [3.05, 3.63) is 0 Å². The molecular formula is C12H22N4O4. The lowest BCUT2D eigenvalue weighted by atomic mass is 10.1. The van der Waals surface area contributed by atoms with Crippen LogP contribution in [0.25, 0.3) is 0 Å². The fourth-order valence-corrected chi connectivity index (χ4v) is 1.78. The second-order valence-corrected chi connectivity index (χ2v) is 5.54. The molecule has 0 aromatic heterocycles. The summed E-state index contributed by atoms with van der Waals surface area (Å²) in [7, 11) is 0. The molecule has 0 bridgehead atoms. The van der Waals surface area contributed by atoms with Crippen molar-refractivity contribution in [3.63, 3.8) is 0 Å². The summed E-state index contributed by atoms with van der Waals surface area (Å²) >= 11 is 0. The standard InChI is InChI=1S/C12H22N4O4/c1-12(2,3)20-11(19)14-8-5-4-6-13-7-9(8)15-16-10(17)18/h8,13,16H,4-7H2,1-3H3,(H,14,19)(H,17,18). The van der Waals surface area contributed by atoms with Gasteiger partial charge in [0.1, 0.15) is 5.60 Å². The minimum atomic E-state index is -1.24. The Labute approximate surface area is 117 Å². The molecule has 1 atom stereocenters. The van der Waals surface area contributed by atoms with Crippen molar-refractivity contribution in [2.75, 3.05) is 13.1 Å². The third-order valence-corrected chi connectivity index (χ3v) is 2.54. The van der Waals surface area contributed by atoms with Crippen LogP contribution in [0.1, 0.15) is 33.6 Å². The van der Waals surface area contributed by atoms with E-state index in [4.69, 9.17) is 9.84 Å². The number of carbonyl (C=O) groups is 2. The molecular weight excluding hydrogens is 264 g/mol. The van der Waals surface area contributed by atoms with Gasteiger partial charge in [0.15, 0.2) is 0 Å². The summed E-state index contributed by atoms with van der Waals surface area (Å²) in [5.41, 5.74) is 1.93. The predicted molar refractivity (Wildman–Crippen MR) is 73.9 cm³/mol. The number of alkyl carbamates (subject to hydrolysis) is 1. The highest BCUT2D eigenvalue weighted by Gasteiger charge is 2.24. The van der Waals surface area contributed by atoms with E-state index < -0.39 is 17.8 Å². The molecule has 114 valence electrons. The topological polar surface area (TPSA) is 112 Å². The van der Waals surface area contributed by atoms with E-state index in [1.165, 1.54) is 0 Å². The average molecular weight is 286 g/mol. The van der Waals surface area contributed by atoms with Gasteiger partial charge in [-0.05, 0) is 40.2 Å². The summed E-state index contributed by atoms with van der Waals surface area (Å²) in [5, 5.41) is 18.2. The summed E-state index contributed by atoms with van der Waals surface area (Å²) in [6.07, 6.45) is -0.246. The van der Waals surface area contributed by atoms with Crippen LogP contribution in [-0.2, 0) is 4.74 Å². The van der Waals surface area contributed by atoms with E-state index >= 15 is 0 Å². The molecule has 1 fully saturated rings. The van der Waals surface area contributed by atoms with Crippen LogP contribution in [0.15, 0.2) is 5.10 Å². The zero-order valence-electron chi connectivity index (χ0n) is 12.0. The molecule has 4 N–H and O–H groups in total. The monoisotopic (exact) mass is 286 g/mol. The highest BCUT2D eigenvalue weighted by atomic mass is 16.6. The Morgan fingerprint density at radius 3 is 2.75 bits per heavy atom. The van der Waals surface area contributed by atoms with Crippen LogP contribution in [-0.4, -0.2) is 47.7 Å². The number of carboxylic acid groups (broad SMARTS) is 1. The Morgan fingerprint density at radius 2 is 2.15 bits per heavy atom. The lowest BCUT2D eigenvalue weighted by molar-refractivity contribution is 0.0516. The average Bonchev–Trinajstić information content (AvgIpc) is 2.49. The van der Waals surface area contributed by atoms with E-state index in [1.54, 1.807) is 20.8 Å². The molecule has 1 saturated heterocycles. The summed E-state index contributed by atoms with van der Waals surface area (Å²) in [6, 6.07) is -0.341. The van der Waals surface area contributed by atoms with Crippen molar-refractivity contribution in [1.82, 2.24) is 16.1 Å². The van der Waals surface area contributed by atoms with Crippen molar-refractivity contribution >= 4 is 17.9 Å². The first kappa shape index (κ1) is 16.2. The first-order valence-electron chi connectivity index (χ1n) is 6.53. The molecule has 1 unspecified atom stereocenters. The van der Waals surface area contributed by atoms with E-state index in [9.17, 15) is 9.59 Å². The fourth-order valence-electron chi connectivity index (χ4n) is 1.78. The van der Waals surface area contributed by atoms with E-state index in [0.29, 0.717) is 18.7 Å². The van der Waals surface area contributed by atoms with E-state index in [0.717, 1.165) is 13.0 Å². The zero-order valence-corrected chi connectivity index (χ0v) is 12.0. The second kappa shape index (κ2) is 7.09. The van der Waals surface area contributed by atoms with Crippen molar-refractivity contribution in [2.24, 2.45) is 5.10 Å². The molecule has 0 aromatic carbocycles. The lowest BCUT2D eigenvalue weighted by Gasteiger charge is -2.23. The SMILES string of the molecule is CC(C)(C)OC(=O)NC1CCCNCC1=NNC(=O)O. The van der Waals surface area contributed by atoms with Crippen LogP contribution in [0.3, 0.4) is 0 Å². The molecule has 8 heteroatoms. The molecule has 0 saturated carbocycles. The molecule has 1 aliphatic rings. The van der Waals surface area contributed by atoms with Gasteiger partial charge >= 0.3 is 12.2 Å². The number of rotatable bonds is 2. The summed E-state index contributed by atoms with van der Waals surface area (Å²) in [4.78, 5) is 22.3. The number of nitrogens with one attached hydrogen (secondary N) is 3. The first-order chi connectivity index (χ1) is 9.28. The van der Waals surface area contributed by atoms with Crippen LogP contribution < -0.4 is 16.1 Å². The van der Waals surface area contributed by atoms with Gasteiger partial charge in [-0.25, -0.2) is 15.0 Å². The largest absolute Gasteiger partial charge is 0.464 e. The van der Waals surface area contributed by atoms with Crippen LogP contribution >= 0.6 is 0 Å². The molecule has 0 aliphatic carbocycles. The molecule has 1 rings (SSSR count). The van der Waals surface area contributed by atoms with E-state index in [2.05, 4.69) is 15.7 Å². The minimum absolute atomic E-state index is 0.341. The summed E-state index contributed by atoms with van der Waals surface area (Å²) < 4.78 is 5.19. The van der Waals surface area contributed by atoms with Crippen LogP contribution in [0.4, 0.5) is 9.59 Å². The predicted octanol–water partition coefficient (Wildman–Crippen LogP) is 0.887. The number of hydrogen-bond acceptors (Lipinski definition) is 5. The fraction of sp³-hybridized carbons (Fsp3) is 0.750. The van der Waals surface area contributed by atoms with Crippen molar-refractivity contribution in [2.45, 2.75) is 45.3 Å². The number of hydrazone groups is 1. The molecule has 0 radical (unpaired) electrons. The van der Waals surface area contributed by atoms with E-state index in [-0.39, 0.29) is 6.04 Å². The van der Waals surface area contributed by atoms with Gasteiger partial charge in [-0.3, -0.25) is 0 Å². The van der Waals surface area contributed by atoms with Crippen LogP contribution in [0.2, 0.25) is 0 Å². The highest BCUT2D eigenvalue weighted by Crippen LogP contribution is 2.09. The van der Waals surface area contributed by atoms with Gasteiger partial charge in [-0.1, -0.05) is 0 Å². The number of hydrogen-bond donors (Lipinski definition) is 4. The molecule has 8 nitrogen and oxygen atoms in total. The van der Waals surface area contributed by atoms with Crippen molar-refractivity contribution in [3.8, 4) is 0 Å². The van der Waals surface area contributed by atoms with Gasteiger partial charge in [0.05, 0.1) is 11.8 Å². The maximum Gasteiger partial charge on any atom is 0.425 e. The zero-order chi connectivity index (χ0) is 15.2. The summed E-state index contributed by atoms with van der Waals surface area (Å²) in [5.74, 6) is 0. The number of amides is 2. The lowest BCUT2D eigenvalue weighted by Crippen LogP contribution is -2.45. The van der Waals surface area contributed by atoms with Crippen LogP contribution in [0.5, 0.6) is 0 Å². The third kappa shape index (κ3) is 6.37. The van der Waals surface area contributed by atoms with Crippen molar-refractivity contribution < 1.29 is 19.4 Å². The Morgan fingerprint density at radius 1 is 1.45 bits per heavy atom. The van der Waals surface area contributed by atoms with Crippen molar-refractivity contribution in [1.29, 1.82) is 0 Å². The van der Waals surface area contributed by atoms with Gasteiger partial charge in [0.2, 0.25) is 0 Å². The molecule has 2 amide bonds. The highest BCUT2D eigenvalue weighted by molar-refractivity contribution is 5.94. The molecule has 0 aromatic rings. The van der Waals surface area contributed by atoms with Gasteiger partial charge in [0, 0.05) is 6.54 Å². The normalized spacial score (nSPS) is 21.9. The number of carbonyl (C=O) groups excluding carboxylic acids is 1. The Kier molecular flexibility index (Phi) is 5.75. The van der Waals surface area contributed by atoms with E-state index in [1.807, 2.05) is 5.43 Å². The quantitative estimate of drug-likeness (QED) is 0.563. The molecule has 0 spiro atoms. The van der Waals surface area contributed by atoms with Crippen LogP contribution in [0, 0.1) is 0 Å². The second-order valence-electron chi connectivity index (χ2n) is 5.54. The first-order valence-corrected chi connectivity index (χ1v) is 6.53. The minimum Gasteiger partial charge on any atom is -0.464 e. The van der Waals surface area contributed by atoms with Gasteiger partial charge < -0.3 is 20.5 Å². The molecule has 20 heavy (non-hydrogen) atoms. The maximum atomic E-state index is 11.8. The van der Waals surface area contributed by atoms with Gasteiger partial charge in [0.25, 0.3) is 0 Å². The molecule has 1 heterocycles. The number of nitrogens with zero attached hydrogens (tertiary/aromatic N) is 1. The smallest absolute Gasteiger partial charge is 0.425 e. The Hall–Kier alpha value is -1.83. The Balaban J connectivity index is 2.68. The van der Waals surface area contributed by atoms with Gasteiger partial charge in [-0.15, -0.1) is 0 Å². The molecule has 1 aliphatic heterocycles. The van der Waals surface area contributed by atoms with Gasteiger partial charge in [-0.2, -0.15) is 5.10 Å².